The van der Waals surface area contributed by atoms with E-state index in [-0.39, 0.29) is 29.9 Å². The maximum absolute atomic E-state index is 11.9. The zero-order chi connectivity index (χ0) is 15.3. The number of hydrogen-bond acceptors (Lipinski definition) is 3. The van der Waals surface area contributed by atoms with Crippen molar-refractivity contribution in [2.75, 3.05) is 13.1 Å². The molecule has 1 heterocycles. The number of likely N-dealkylation sites (tertiary alicyclic amines) is 1. The van der Waals surface area contributed by atoms with E-state index in [0.717, 1.165) is 0 Å². The molecule has 0 unspecified atom stereocenters. The lowest BCUT2D eigenvalue weighted by Crippen LogP contribution is -2.51. The molecule has 1 fully saturated rings. The summed E-state index contributed by atoms with van der Waals surface area (Å²) in [6, 6.07) is -0.0548. The molecule has 1 radical (unpaired) electrons. The molecule has 0 spiro atoms. The largest absolute Gasteiger partial charge is 0.369 e. The van der Waals surface area contributed by atoms with Gasteiger partial charge in [-0.25, -0.2) is 4.79 Å². The van der Waals surface area contributed by atoms with E-state index in [1.54, 1.807) is 4.90 Å². The van der Waals surface area contributed by atoms with Crippen molar-refractivity contribution in [1.82, 2.24) is 15.5 Å². The van der Waals surface area contributed by atoms with Gasteiger partial charge in [-0.05, 0) is 33.6 Å². The van der Waals surface area contributed by atoms with Crippen LogP contribution in [0.3, 0.4) is 0 Å². The van der Waals surface area contributed by atoms with Crippen LogP contribution in [0.1, 0.15) is 33.6 Å². The summed E-state index contributed by atoms with van der Waals surface area (Å²) in [6.07, 6.45) is 1.34. The van der Waals surface area contributed by atoms with Crippen LogP contribution in [0.25, 0.3) is 0 Å². The first-order valence-electron chi connectivity index (χ1n) is 6.81. The van der Waals surface area contributed by atoms with Gasteiger partial charge >= 0.3 is 6.03 Å². The minimum absolute atomic E-state index is 0.0479. The Labute approximate surface area is 119 Å². The van der Waals surface area contributed by atoms with Gasteiger partial charge in [0.25, 0.3) is 0 Å². The second-order valence-electron chi connectivity index (χ2n) is 5.33. The molecule has 0 aromatic carbocycles. The highest BCUT2D eigenvalue weighted by Gasteiger charge is 2.29. The molecule has 113 valence electrons. The number of nitrogens with two attached hydrogens (primary N) is 1. The van der Waals surface area contributed by atoms with Gasteiger partial charge in [0.05, 0.1) is 0 Å². The summed E-state index contributed by atoms with van der Waals surface area (Å²) in [5.74, 6) is -0.955. The average molecular weight is 283 g/mol. The van der Waals surface area contributed by atoms with Crippen LogP contribution in [0.15, 0.2) is 0 Å². The zero-order valence-electron chi connectivity index (χ0n) is 12.2. The van der Waals surface area contributed by atoms with Gasteiger partial charge in [-0.1, -0.05) is 0 Å². The summed E-state index contributed by atoms with van der Waals surface area (Å²) in [7, 11) is 0. The fourth-order valence-corrected chi connectivity index (χ4v) is 2.06. The Hall–Kier alpha value is -1.79. The Morgan fingerprint density at radius 3 is 2.20 bits per heavy atom. The molecular weight excluding hydrogens is 260 g/mol. The fourth-order valence-electron chi connectivity index (χ4n) is 2.06. The first-order chi connectivity index (χ1) is 9.31. The predicted molar refractivity (Wildman–Crippen MR) is 74.5 cm³/mol. The van der Waals surface area contributed by atoms with E-state index in [1.165, 1.54) is 6.92 Å². The summed E-state index contributed by atoms with van der Waals surface area (Å²) in [5.41, 5.74) is 5.09. The van der Waals surface area contributed by atoms with E-state index >= 15 is 0 Å². The van der Waals surface area contributed by atoms with E-state index in [0.29, 0.717) is 25.9 Å². The van der Waals surface area contributed by atoms with Crippen molar-refractivity contribution in [2.24, 2.45) is 5.73 Å². The van der Waals surface area contributed by atoms with Crippen LogP contribution in [-0.2, 0) is 9.59 Å². The zero-order valence-corrected chi connectivity index (χ0v) is 12.2. The van der Waals surface area contributed by atoms with Gasteiger partial charge in [-0.3, -0.25) is 9.59 Å². The molecule has 0 aliphatic carbocycles. The molecule has 0 saturated carbocycles. The SMILES string of the molecule is C[C](C(N)=O)C(=O)N1CCC(NC(=O)NC(C)C)CC1. The molecule has 4 amide bonds. The fraction of sp³-hybridized carbons (Fsp3) is 0.692. The van der Waals surface area contributed by atoms with Gasteiger partial charge in [0, 0.05) is 25.2 Å². The highest BCUT2D eigenvalue weighted by molar-refractivity contribution is 6.13. The Kier molecular flexibility index (Phi) is 5.79. The number of carbonyl (C=O) groups excluding carboxylic acids is 3. The lowest BCUT2D eigenvalue weighted by Gasteiger charge is -2.33. The monoisotopic (exact) mass is 283 g/mol. The topological polar surface area (TPSA) is 105 Å². The third kappa shape index (κ3) is 4.71. The van der Waals surface area contributed by atoms with Crippen LogP contribution >= 0.6 is 0 Å². The molecule has 7 nitrogen and oxygen atoms in total. The first-order valence-corrected chi connectivity index (χ1v) is 6.81. The van der Waals surface area contributed by atoms with Crippen molar-refractivity contribution >= 4 is 17.8 Å². The number of piperidine rings is 1. The second kappa shape index (κ2) is 7.12. The van der Waals surface area contributed by atoms with Crippen LogP contribution in [0.4, 0.5) is 4.79 Å². The molecule has 20 heavy (non-hydrogen) atoms. The van der Waals surface area contributed by atoms with Crippen LogP contribution < -0.4 is 16.4 Å². The van der Waals surface area contributed by atoms with Crippen molar-refractivity contribution in [3.63, 3.8) is 0 Å². The van der Waals surface area contributed by atoms with E-state index in [4.69, 9.17) is 5.73 Å². The number of rotatable bonds is 4. The number of nitrogens with zero attached hydrogens (tertiary/aromatic N) is 1. The molecule has 0 aromatic heterocycles. The third-order valence-corrected chi connectivity index (χ3v) is 3.23. The van der Waals surface area contributed by atoms with Crippen molar-refractivity contribution < 1.29 is 14.4 Å². The minimum atomic E-state index is -0.688. The molecule has 0 atom stereocenters. The molecule has 1 aliphatic heterocycles. The van der Waals surface area contributed by atoms with Gasteiger partial charge in [-0.2, -0.15) is 0 Å². The van der Waals surface area contributed by atoms with Gasteiger partial charge in [-0.15, -0.1) is 0 Å². The maximum atomic E-state index is 11.9. The molecule has 1 rings (SSSR count). The van der Waals surface area contributed by atoms with Gasteiger partial charge in [0.15, 0.2) is 0 Å². The number of nitrogens with one attached hydrogen (secondary N) is 2. The van der Waals surface area contributed by atoms with E-state index in [2.05, 4.69) is 10.6 Å². The summed E-state index contributed by atoms with van der Waals surface area (Å²) >= 11 is 0. The minimum Gasteiger partial charge on any atom is -0.369 e. The molecule has 0 bridgehead atoms. The van der Waals surface area contributed by atoms with Crippen LogP contribution in [-0.4, -0.2) is 47.9 Å². The standard InChI is InChI=1S/C13H23N4O3/c1-8(2)15-13(20)16-10-4-6-17(7-5-10)12(19)9(3)11(14)18/h8,10H,4-7H2,1-3H3,(H2,14,18)(H2,15,16,20). The van der Waals surface area contributed by atoms with Crippen LogP contribution in [0, 0.1) is 5.92 Å². The maximum Gasteiger partial charge on any atom is 0.315 e. The lowest BCUT2D eigenvalue weighted by atomic mass is 10.0. The Balaban J connectivity index is 2.38. The van der Waals surface area contributed by atoms with Gasteiger partial charge < -0.3 is 21.3 Å². The van der Waals surface area contributed by atoms with E-state index < -0.39 is 5.91 Å². The number of urea groups is 1. The average Bonchev–Trinajstić information content (AvgIpc) is 2.36. The third-order valence-electron chi connectivity index (χ3n) is 3.23. The number of hydrogen-bond donors (Lipinski definition) is 3. The van der Waals surface area contributed by atoms with Crippen LogP contribution in [0.5, 0.6) is 0 Å². The summed E-state index contributed by atoms with van der Waals surface area (Å²) in [5, 5.41) is 5.64. The van der Waals surface area contributed by atoms with Gasteiger partial charge in [0.1, 0.15) is 5.92 Å². The molecule has 7 heteroatoms. The predicted octanol–water partition coefficient (Wildman–Crippen LogP) is -0.235. The molecule has 4 N–H and O–H groups in total. The van der Waals surface area contributed by atoms with Crippen molar-refractivity contribution in [1.29, 1.82) is 0 Å². The van der Waals surface area contributed by atoms with E-state index in [1.807, 2.05) is 13.8 Å². The van der Waals surface area contributed by atoms with Crippen molar-refractivity contribution in [3.05, 3.63) is 5.92 Å². The highest BCUT2D eigenvalue weighted by atomic mass is 16.2. The van der Waals surface area contributed by atoms with Crippen LogP contribution in [0.2, 0.25) is 0 Å². The molecule has 1 saturated heterocycles. The Morgan fingerprint density at radius 1 is 1.20 bits per heavy atom. The lowest BCUT2D eigenvalue weighted by molar-refractivity contribution is -0.133. The van der Waals surface area contributed by atoms with Crippen molar-refractivity contribution in [3.8, 4) is 0 Å². The first kappa shape index (κ1) is 16.3. The normalized spacial score (nSPS) is 16.4. The summed E-state index contributed by atoms with van der Waals surface area (Å²) < 4.78 is 0. The summed E-state index contributed by atoms with van der Waals surface area (Å²) in [4.78, 5) is 36.0. The Morgan fingerprint density at radius 2 is 1.75 bits per heavy atom. The van der Waals surface area contributed by atoms with E-state index in [9.17, 15) is 14.4 Å². The molecule has 0 aromatic rings. The van der Waals surface area contributed by atoms with Gasteiger partial charge in [0.2, 0.25) is 11.8 Å². The number of carbonyl (C=O) groups is 3. The number of amides is 4. The second-order valence-corrected chi connectivity index (χ2v) is 5.33. The summed E-state index contributed by atoms with van der Waals surface area (Å²) in [6.45, 7) is 6.24. The number of primary amides is 1. The highest BCUT2D eigenvalue weighted by Crippen LogP contribution is 2.14. The smallest absolute Gasteiger partial charge is 0.315 e. The Bertz CT molecular complexity index is 376. The molecule has 1 aliphatic rings. The molecular formula is C13H23N4O3. The quantitative estimate of drug-likeness (QED) is 0.620. The van der Waals surface area contributed by atoms with Crippen molar-refractivity contribution in [2.45, 2.75) is 45.7 Å².